The molecule has 2 aliphatic rings. The van der Waals surface area contributed by atoms with Gasteiger partial charge in [0.2, 0.25) is 5.91 Å². The third-order valence-corrected chi connectivity index (χ3v) is 5.01. The lowest BCUT2D eigenvalue weighted by Crippen LogP contribution is -2.22. The number of hydrazone groups is 1. The number of phenols is 2. The van der Waals surface area contributed by atoms with E-state index in [0.717, 1.165) is 12.8 Å². The van der Waals surface area contributed by atoms with Crippen molar-refractivity contribution in [3.63, 3.8) is 0 Å². The maximum Gasteiger partial charge on any atom is 0.244 e. The highest BCUT2D eigenvalue weighted by molar-refractivity contribution is 5.87. The molecule has 0 radical (unpaired) electrons. The summed E-state index contributed by atoms with van der Waals surface area (Å²) >= 11 is 0. The average Bonchev–Trinajstić information content (AvgIpc) is 3.07. The minimum Gasteiger partial charge on any atom is -0.508 e. The molecule has 0 heterocycles. The molecule has 1 aromatic rings. The van der Waals surface area contributed by atoms with Crippen molar-refractivity contribution in [2.24, 2.45) is 22.4 Å². The summed E-state index contributed by atoms with van der Waals surface area (Å²) in [5.74, 6) is 0.469. The molecule has 3 rings (SSSR count). The summed E-state index contributed by atoms with van der Waals surface area (Å²) in [6.45, 7) is 2.19. The summed E-state index contributed by atoms with van der Waals surface area (Å²) in [7, 11) is 0. The van der Waals surface area contributed by atoms with Crippen molar-refractivity contribution in [3.05, 3.63) is 23.8 Å². The van der Waals surface area contributed by atoms with Crippen LogP contribution in [0.15, 0.2) is 23.3 Å². The first-order valence-corrected chi connectivity index (χ1v) is 7.37. The van der Waals surface area contributed by atoms with Crippen LogP contribution >= 0.6 is 0 Å². The van der Waals surface area contributed by atoms with E-state index in [0.29, 0.717) is 11.5 Å². The number of nitrogens with one attached hydrogen (secondary N) is 1. The summed E-state index contributed by atoms with van der Waals surface area (Å²) in [5, 5.41) is 22.7. The summed E-state index contributed by atoms with van der Waals surface area (Å²) in [5.41, 5.74) is 3.19. The maximum absolute atomic E-state index is 12.2. The Morgan fingerprint density at radius 3 is 2.90 bits per heavy atom. The van der Waals surface area contributed by atoms with E-state index >= 15 is 0 Å². The Bertz CT molecular complexity index is 599. The number of benzene rings is 1. The number of nitrogens with zero attached hydrogens (tertiary/aromatic N) is 1. The van der Waals surface area contributed by atoms with Gasteiger partial charge in [0.1, 0.15) is 11.5 Å². The molecule has 0 unspecified atom stereocenters. The van der Waals surface area contributed by atoms with Gasteiger partial charge in [0.25, 0.3) is 0 Å². The topological polar surface area (TPSA) is 81.9 Å². The Kier molecular flexibility index (Phi) is 3.35. The Hall–Kier alpha value is -2.04. The van der Waals surface area contributed by atoms with E-state index in [-0.39, 0.29) is 28.7 Å². The molecule has 21 heavy (non-hydrogen) atoms. The van der Waals surface area contributed by atoms with Crippen LogP contribution in [0, 0.1) is 17.3 Å². The smallest absolute Gasteiger partial charge is 0.244 e. The Morgan fingerprint density at radius 2 is 2.24 bits per heavy atom. The molecular formula is C16H20N2O3. The molecule has 0 saturated heterocycles. The van der Waals surface area contributed by atoms with E-state index in [4.69, 9.17) is 0 Å². The standard InChI is InChI=1S/C16H20N2O3/c1-16-7-3-2-4-12(16)14(16)15(21)18-17-9-10-5-6-11(19)8-13(10)20/h5-6,8-9,12,14,19-20H,2-4,7H2,1H3,(H,18,21)/b17-9-/t12-,14-,16+/m1/s1. The molecule has 1 amide bonds. The normalized spacial score (nSPS) is 30.9. The molecule has 0 aliphatic heterocycles. The predicted molar refractivity (Wildman–Crippen MR) is 79.1 cm³/mol. The fourth-order valence-corrected chi connectivity index (χ4v) is 3.73. The molecule has 3 atom stereocenters. The number of amides is 1. The van der Waals surface area contributed by atoms with E-state index < -0.39 is 0 Å². The zero-order valence-corrected chi connectivity index (χ0v) is 12.0. The lowest BCUT2D eigenvalue weighted by molar-refractivity contribution is -0.123. The number of rotatable bonds is 3. The second-order valence-corrected chi connectivity index (χ2v) is 6.31. The van der Waals surface area contributed by atoms with Crippen LogP contribution in [0.2, 0.25) is 0 Å². The van der Waals surface area contributed by atoms with Gasteiger partial charge >= 0.3 is 0 Å². The molecule has 0 spiro atoms. The van der Waals surface area contributed by atoms with E-state index in [9.17, 15) is 15.0 Å². The first kappa shape index (κ1) is 13.9. The minimum atomic E-state index is -0.0694. The Labute approximate surface area is 123 Å². The van der Waals surface area contributed by atoms with Crippen LogP contribution in [-0.4, -0.2) is 22.3 Å². The third kappa shape index (κ3) is 2.48. The average molecular weight is 288 g/mol. The number of carbonyl (C=O) groups excluding carboxylic acids is 1. The van der Waals surface area contributed by atoms with Gasteiger partial charge in [0, 0.05) is 17.5 Å². The van der Waals surface area contributed by atoms with Gasteiger partial charge in [-0.2, -0.15) is 5.10 Å². The number of hydrogen-bond acceptors (Lipinski definition) is 4. The second kappa shape index (κ2) is 5.06. The van der Waals surface area contributed by atoms with Crippen molar-refractivity contribution in [2.45, 2.75) is 32.6 Å². The van der Waals surface area contributed by atoms with Gasteiger partial charge in [-0.15, -0.1) is 0 Å². The van der Waals surface area contributed by atoms with Crippen LogP contribution in [0.5, 0.6) is 11.5 Å². The summed E-state index contributed by atoms with van der Waals surface area (Å²) in [6, 6.07) is 4.23. The molecule has 5 nitrogen and oxygen atoms in total. The van der Waals surface area contributed by atoms with Crippen molar-refractivity contribution in [1.29, 1.82) is 0 Å². The van der Waals surface area contributed by atoms with E-state index in [2.05, 4.69) is 17.5 Å². The van der Waals surface area contributed by atoms with Crippen LogP contribution in [0.25, 0.3) is 0 Å². The fourth-order valence-electron chi connectivity index (χ4n) is 3.73. The molecule has 2 saturated carbocycles. The summed E-state index contributed by atoms with van der Waals surface area (Å²) in [4.78, 5) is 12.2. The molecule has 0 aromatic heterocycles. The molecule has 3 N–H and O–H groups in total. The highest BCUT2D eigenvalue weighted by Gasteiger charge is 2.64. The highest BCUT2D eigenvalue weighted by atomic mass is 16.3. The highest BCUT2D eigenvalue weighted by Crippen LogP contribution is 2.66. The maximum atomic E-state index is 12.2. The minimum absolute atomic E-state index is 0.0105. The van der Waals surface area contributed by atoms with Crippen LogP contribution in [0.4, 0.5) is 0 Å². The van der Waals surface area contributed by atoms with Crippen LogP contribution < -0.4 is 5.43 Å². The lowest BCUT2D eigenvalue weighted by Gasteiger charge is -2.15. The van der Waals surface area contributed by atoms with E-state index in [1.54, 1.807) is 6.07 Å². The molecule has 1 aromatic carbocycles. The first-order valence-electron chi connectivity index (χ1n) is 7.37. The zero-order valence-electron chi connectivity index (χ0n) is 12.0. The van der Waals surface area contributed by atoms with Gasteiger partial charge in [-0.05, 0) is 36.3 Å². The summed E-state index contributed by atoms with van der Waals surface area (Å²) in [6.07, 6.45) is 6.08. The van der Waals surface area contributed by atoms with Gasteiger partial charge in [0.05, 0.1) is 6.21 Å². The first-order chi connectivity index (χ1) is 10.0. The van der Waals surface area contributed by atoms with E-state index in [1.807, 2.05) is 0 Å². The van der Waals surface area contributed by atoms with Crippen molar-refractivity contribution in [3.8, 4) is 11.5 Å². The lowest BCUT2D eigenvalue weighted by atomic mass is 9.90. The Balaban J connectivity index is 1.60. The SMILES string of the molecule is C[C@]12CCCC[C@@H]1[C@@H]2C(=O)N/N=C\c1ccc(O)cc1O. The zero-order chi connectivity index (χ0) is 15.0. The number of phenolic OH excluding ortho intramolecular Hbond substituents is 2. The molecule has 112 valence electrons. The molecule has 2 fully saturated rings. The van der Waals surface area contributed by atoms with Crippen molar-refractivity contribution in [2.75, 3.05) is 0 Å². The van der Waals surface area contributed by atoms with Crippen LogP contribution in [-0.2, 0) is 4.79 Å². The van der Waals surface area contributed by atoms with Gasteiger partial charge in [-0.1, -0.05) is 19.8 Å². The molecule has 2 aliphatic carbocycles. The van der Waals surface area contributed by atoms with E-state index in [1.165, 1.54) is 31.2 Å². The Morgan fingerprint density at radius 1 is 1.43 bits per heavy atom. The van der Waals surface area contributed by atoms with Gasteiger partial charge < -0.3 is 10.2 Å². The van der Waals surface area contributed by atoms with Gasteiger partial charge in [-0.25, -0.2) is 5.43 Å². The number of hydrogen-bond donors (Lipinski definition) is 3. The van der Waals surface area contributed by atoms with Crippen LogP contribution in [0.1, 0.15) is 38.2 Å². The molecular weight excluding hydrogens is 268 g/mol. The van der Waals surface area contributed by atoms with Crippen molar-refractivity contribution in [1.82, 2.24) is 5.43 Å². The summed E-state index contributed by atoms with van der Waals surface area (Å²) < 4.78 is 0. The van der Waals surface area contributed by atoms with Crippen molar-refractivity contribution < 1.29 is 15.0 Å². The number of aromatic hydroxyl groups is 2. The van der Waals surface area contributed by atoms with Gasteiger partial charge in [-0.3, -0.25) is 4.79 Å². The van der Waals surface area contributed by atoms with Gasteiger partial charge in [0.15, 0.2) is 0 Å². The quantitative estimate of drug-likeness (QED) is 0.590. The predicted octanol–water partition coefficient (Wildman–Crippen LogP) is 2.37. The fraction of sp³-hybridized carbons (Fsp3) is 0.500. The largest absolute Gasteiger partial charge is 0.508 e. The number of carbonyl (C=O) groups is 1. The molecule has 0 bridgehead atoms. The third-order valence-electron chi connectivity index (χ3n) is 5.01. The number of fused-ring (bicyclic) bond motifs is 1. The molecule has 5 heteroatoms. The van der Waals surface area contributed by atoms with Crippen molar-refractivity contribution >= 4 is 12.1 Å². The monoisotopic (exact) mass is 288 g/mol. The second-order valence-electron chi connectivity index (χ2n) is 6.31. The van der Waals surface area contributed by atoms with Crippen LogP contribution in [0.3, 0.4) is 0 Å².